The fourth-order valence-electron chi connectivity index (χ4n) is 4.91. The highest BCUT2D eigenvalue weighted by Gasteiger charge is 2.44. The van der Waals surface area contributed by atoms with E-state index in [1.54, 1.807) is 24.3 Å². The van der Waals surface area contributed by atoms with Crippen molar-refractivity contribution in [2.24, 2.45) is 5.92 Å². The van der Waals surface area contributed by atoms with Gasteiger partial charge < -0.3 is 4.90 Å². The van der Waals surface area contributed by atoms with Gasteiger partial charge in [-0.1, -0.05) is 56.3 Å². The molecule has 6 nitrogen and oxygen atoms in total. The molecule has 1 fully saturated rings. The zero-order chi connectivity index (χ0) is 23.5. The molecule has 33 heavy (non-hydrogen) atoms. The molecule has 0 aromatic heterocycles. The van der Waals surface area contributed by atoms with Gasteiger partial charge in [-0.2, -0.15) is 0 Å². The zero-order valence-corrected chi connectivity index (χ0v) is 19.7. The van der Waals surface area contributed by atoms with E-state index in [0.29, 0.717) is 30.6 Å². The van der Waals surface area contributed by atoms with Gasteiger partial charge in [0.15, 0.2) is 0 Å². The van der Waals surface area contributed by atoms with Gasteiger partial charge in [0, 0.05) is 32.2 Å². The van der Waals surface area contributed by atoms with Gasteiger partial charge >= 0.3 is 0 Å². The molecule has 0 bridgehead atoms. The number of piperazine rings is 1. The van der Waals surface area contributed by atoms with E-state index >= 15 is 0 Å². The molecule has 1 saturated heterocycles. The summed E-state index contributed by atoms with van der Waals surface area (Å²) in [5, 5.41) is 0. The van der Waals surface area contributed by atoms with Crippen LogP contribution in [0.1, 0.15) is 53.5 Å². The lowest BCUT2D eigenvalue weighted by molar-refractivity contribution is -0.138. The maximum Gasteiger partial charge on any atom is 0.262 e. The van der Waals surface area contributed by atoms with Crippen LogP contribution >= 0.6 is 0 Å². The summed E-state index contributed by atoms with van der Waals surface area (Å²) in [7, 11) is 0. The number of amides is 3. The topological polar surface area (TPSA) is 60.9 Å². The number of benzene rings is 2. The highest BCUT2D eigenvalue weighted by molar-refractivity contribution is 6.22. The minimum atomic E-state index is -0.763. The molecule has 0 N–H and O–H groups in total. The molecule has 0 saturated carbocycles. The first kappa shape index (κ1) is 23.2. The molecule has 2 unspecified atom stereocenters. The fraction of sp³-hybridized carbons (Fsp3) is 0.444. The van der Waals surface area contributed by atoms with Crippen LogP contribution in [0, 0.1) is 5.92 Å². The van der Waals surface area contributed by atoms with Gasteiger partial charge in [-0.3, -0.25) is 24.2 Å². The molecule has 2 atom stereocenters. The number of hydrogen-bond acceptors (Lipinski definition) is 4. The molecular weight excluding hydrogens is 414 g/mol. The molecule has 2 aliphatic heterocycles. The van der Waals surface area contributed by atoms with Crippen LogP contribution in [0.3, 0.4) is 0 Å². The maximum absolute atomic E-state index is 13.7. The Labute approximate surface area is 196 Å². The Bertz CT molecular complexity index is 985. The van der Waals surface area contributed by atoms with Crippen molar-refractivity contribution in [1.82, 2.24) is 14.7 Å². The number of carbonyl (C=O) groups is 3. The summed E-state index contributed by atoms with van der Waals surface area (Å²) in [4.78, 5) is 45.3. The van der Waals surface area contributed by atoms with Gasteiger partial charge in [0.2, 0.25) is 5.91 Å². The SMILES string of the molecule is CC(C)CC(C(=O)N1CCN(CCc2ccccc2)C(C)C1)N1C(=O)c2ccccc2C1=O. The van der Waals surface area contributed by atoms with E-state index in [2.05, 4.69) is 36.1 Å². The minimum Gasteiger partial charge on any atom is -0.338 e. The maximum atomic E-state index is 13.7. The number of carbonyl (C=O) groups excluding carboxylic acids is 3. The molecule has 0 aliphatic carbocycles. The van der Waals surface area contributed by atoms with E-state index in [0.717, 1.165) is 19.5 Å². The Morgan fingerprint density at radius 1 is 0.939 bits per heavy atom. The van der Waals surface area contributed by atoms with Gasteiger partial charge in [-0.05, 0) is 43.4 Å². The zero-order valence-electron chi connectivity index (χ0n) is 19.7. The van der Waals surface area contributed by atoms with Crippen LogP contribution < -0.4 is 0 Å². The van der Waals surface area contributed by atoms with Crippen LogP contribution in [0.25, 0.3) is 0 Å². The van der Waals surface area contributed by atoms with Gasteiger partial charge in [-0.15, -0.1) is 0 Å². The van der Waals surface area contributed by atoms with Crippen molar-refractivity contribution >= 4 is 17.7 Å². The molecule has 0 spiro atoms. The van der Waals surface area contributed by atoms with Crippen molar-refractivity contribution in [2.75, 3.05) is 26.2 Å². The Morgan fingerprint density at radius 3 is 2.12 bits per heavy atom. The first-order valence-electron chi connectivity index (χ1n) is 11.9. The van der Waals surface area contributed by atoms with Crippen LogP contribution in [0.4, 0.5) is 0 Å². The lowest BCUT2D eigenvalue weighted by atomic mass is 10.00. The Kier molecular flexibility index (Phi) is 6.94. The number of nitrogens with zero attached hydrogens (tertiary/aromatic N) is 3. The van der Waals surface area contributed by atoms with Crippen molar-refractivity contribution in [3.8, 4) is 0 Å². The Morgan fingerprint density at radius 2 is 1.55 bits per heavy atom. The molecule has 6 heteroatoms. The molecule has 174 valence electrons. The summed E-state index contributed by atoms with van der Waals surface area (Å²) in [5.74, 6) is -0.658. The minimum absolute atomic E-state index is 0.118. The third-order valence-corrected chi connectivity index (χ3v) is 6.72. The largest absolute Gasteiger partial charge is 0.338 e. The predicted molar refractivity (Wildman–Crippen MR) is 128 cm³/mol. The molecule has 3 amide bonds. The van der Waals surface area contributed by atoms with E-state index in [4.69, 9.17) is 0 Å². The first-order valence-corrected chi connectivity index (χ1v) is 11.9. The normalized spacial score (nSPS) is 19.8. The molecule has 2 aromatic carbocycles. The summed E-state index contributed by atoms with van der Waals surface area (Å²) >= 11 is 0. The average molecular weight is 448 g/mol. The van der Waals surface area contributed by atoms with Crippen LogP contribution in [0.2, 0.25) is 0 Å². The summed E-state index contributed by atoms with van der Waals surface area (Å²) in [6.45, 7) is 9.12. The molecule has 0 radical (unpaired) electrons. The molecule has 2 aliphatic rings. The van der Waals surface area contributed by atoms with Crippen LogP contribution in [-0.2, 0) is 11.2 Å². The second-order valence-electron chi connectivity index (χ2n) is 9.58. The number of hydrogen-bond donors (Lipinski definition) is 0. The monoisotopic (exact) mass is 447 g/mol. The number of rotatable bonds is 7. The Hall–Kier alpha value is -2.99. The highest BCUT2D eigenvalue weighted by Crippen LogP contribution is 2.28. The Balaban J connectivity index is 1.45. The standard InChI is InChI=1S/C27H33N3O3/c1-19(2)17-24(30-25(31)22-11-7-8-12-23(22)26(30)32)27(33)29-16-15-28(20(3)18-29)14-13-21-9-5-4-6-10-21/h4-12,19-20,24H,13-18H2,1-3H3. The van der Waals surface area contributed by atoms with Crippen molar-refractivity contribution in [3.63, 3.8) is 0 Å². The summed E-state index contributed by atoms with van der Waals surface area (Å²) in [6, 6.07) is 16.7. The molecule has 2 heterocycles. The van der Waals surface area contributed by atoms with E-state index in [9.17, 15) is 14.4 Å². The van der Waals surface area contributed by atoms with Crippen LogP contribution in [-0.4, -0.2) is 70.7 Å². The third kappa shape index (κ3) is 4.86. The van der Waals surface area contributed by atoms with E-state index in [1.807, 2.05) is 24.8 Å². The van der Waals surface area contributed by atoms with Gasteiger partial charge in [0.1, 0.15) is 6.04 Å². The van der Waals surface area contributed by atoms with Crippen molar-refractivity contribution in [3.05, 3.63) is 71.3 Å². The van der Waals surface area contributed by atoms with Crippen molar-refractivity contribution in [2.45, 2.75) is 45.7 Å². The van der Waals surface area contributed by atoms with Crippen LogP contribution in [0.15, 0.2) is 54.6 Å². The quantitative estimate of drug-likeness (QED) is 0.610. The average Bonchev–Trinajstić information content (AvgIpc) is 3.07. The molecule has 2 aromatic rings. The van der Waals surface area contributed by atoms with Gasteiger partial charge in [0.05, 0.1) is 11.1 Å². The van der Waals surface area contributed by atoms with E-state index in [1.165, 1.54) is 10.5 Å². The summed E-state index contributed by atoms with van der Waals surface area (Å²) < 4.78 is 0. The van der Waals surface area contributed by atoms with Gasteiger partial charge in [0.25, 0.3) is 11.8 Å². The van der Waals surface area contributed by atoms with Gasteiger partial charge in [-0.25, -0.2) is 0 Å². The lowest BCUT2D eigenvalue weighted by Gasteiger charge is -2.42. The summed E-state index contributed by atoms with van der Waals surface area (Å²) in [5.41, 5.74) is 2.09. The summed E-state index contributed by atoms with van der Waals surface area (Å²) in [6.07, 6.45) is 1.44. The van der Waals surface area contributed by atoms with E-state index in [-0.39, 0.29) is 29.7 Å². The third-order valence-electron chi connectivity index (χ3n) is 6.72. The second kappa shape index (κ2) is 9.87. The smallest absolute Gasteiger partial charge is 0.262 e. The molecular formula is C27H33N3O3. The fourth-order valence-corrected chi connectivity index (χ4v) is 4.91. The van der Waals surface area contributed by atoms with E-state index < -0.39 is 6.04 Å². The second-order valence-corrected chi connectivity index (χ2v) is 9.58. The van der Waals surface area contributed by atoms with Crippen molar-refractivity contribution < 1.29 is 14.4 Å². The van der Waals surface area contributed by atoms with Crippen LogP contribution in [0.5, 0.6) is 0 Å². The predicted octanol–water partition coefficient (Wildman–Crippen LogP) is 3.47. The lowest BCUT2D eigenvalue weighted by Crippen LogP contribution is -2.59. The number of fused-ring (bicyclic) bond motifs is 1. The van der Waals surface area contributed by atoms with Crippen molar-refractivity contribution in [1.29, 1.82) is 0 Å². The highest BCUT2D eigenvalue weighted by atomic mass is 16.2. The first-order chi connectivity index (χ1) is 15.9. The molecule has 4 rings (SSSR count). The number of imide groups is 1.